The van der Waals surface area contributed by atoms with Gasteiger partial charge in [-0.15, -0.1) is 0 Å². The van der Waals surface area contributed by atoms with Gasteiger partial charge >= 0.3 is 0 Å². The first-order valence-corrected chi connectivity index (χ1v) is 3.92. The van der Waals surface area contributed by atoms with Gasteiger partial charge in [-0.2, -0.15) is 0 Å². The third-order valence-electron chi connectivity index (χ3n) is 0.737. The van der Waals surface area contributed by atoms with E-state index in [2.05, 4.69) is 20.9 Å². The van der Waals surface area contributed by atoms with E-state index in [4.69, 9.17) is 0 Å². The summed E-state index contributed by atoms with van der Waals surface area (Å²) < 4.78 is 0.807. The topological polar surface area (TPSA) is 32.9 Å². The highest BCUT2D eigenvalue weighted by atomic mass is 79.9. The van der Waals surface area contributed by atoms with E-state index in [1.54, 1.807) is 12.3 Å². The van der Waals surface area contributed by atoms with Crippen molar-refractivity contribution in [2.75, 3.05) is 0 Å². The number of hydrogen-bond donors (Lipinski definition) is 1. The molecule has 0 aliphatic carbocycles. The average molecular weight is 204 g/mol. The lowest BCUT2D eigenvalue weighted by molar-refractivity contribution is 1.23. The van der Waals surface area contributed by atoms with Crippen LogP contribution in [0.3, 0.4) is 0 Å². The molecule has 0 aliphatic heterocycles. The molecule has 1 aromatic heterocycles. The molecular formula is C7H10BrNO. The molecule has 56 valence electrons. The zero-order valence-electron chi connectivity index (χ0n) is 6.02. The molecule has 0 atom stereocenters. The van der Waals surface area contributed by atoms with Crippen molar-refractivity contribution in [3.8, 4) is 0 Å². The van der Waals surface area contributed by atoms with Gasteiger partial charge in [-0.3, -0.25) is 4.79 Å². The second kappa shape index (κ2) is 5.23. The molecular weight excluding hydrogens is 194 g/mol. The second-order valence-electron chi connectivity index (χ2n) is 1.37. The highest BCUT2D eigenvalue weighted by Crippen LogP contribution is 2.01. The maximum absolute atomic E-state index is 10.4. The number of hydrogen-bond acceptors (Lipinski definition) is 1. The molecule has 0 fully saturated rings. The lowest BCUT2D eigenvalue weighted by Crippen LogP contribution is -2.00. The van der Waals surface area contributed by atoms with Crippen LogP contribution in [-0.2, 0) is 0 Å². The molecule has 1 heterocycles. The van der Waals surface area contributed by atoms with E-state index in [1.807, 2.05) is 13.8 Å². The smallest absolute Gasteiger partial charge is 0.249 e. The number of nitrogens with one attached hydrogen (secondary N) is 1. The molecule has 1 aromatic rings. The Hall–Kier alpha value is -0.570. The van der Waals surface area contributed by atoms with Crippen molar-refractivity contribution in [3.05, 3.63) is 33.2 Å². The summed E-state index contributed by atoms with van der Waals surface area (Å²) in [7, 11) is 0. The third kappa shape index (κ3) is 3.45. The maximum Gasteiger partial charge on any atom is 0.249 e. The average Bonchev–Trinajstić information content (AvgIpc) is 1.91. The van der Waals surface area contributed by atoms with E-state index < -0.39 is 0 Å². The normalized spacial score (nSPS) is 7.90. The Kier molecular flexibility index (Phi) is 4.94. The summed E-state index contributed by atoms with van der Waals surface area (Å²) in [6.45, 7) is 4.00. The lowest BCUT2D eigenvalue weighted by Gasteiger charge is -1.81. The molecule has 10 heavy (non-hydrogen) atoms. The van der Waals surface area contributed by atoms with Crippen LogP contribution in [0.25, 0.3) is 0 Å². The fourth-order valence-electron chi connectivity index (χ4n) is 0.418. The van der Waals surface area contributed by atoms with Gasteiger partial charge in [0.1, 0.15) is 0 Å². The predicted molar refractivity (Wildman–Crippen MR) is 46.1 cm³/mol. The summed E-state index contributed by atoms with van der Waals surface area (Å²) in [4.78, 5) is 12.9. The molecule has 0 aromatic carbocycles. The van der Waals surface area contributed by atoms with Crippen LogP contribution in [0.1, 0.15) is 13.8 Å². The Balaban J connectivity index is 0.000000371. The van der Waals surface area contributed by atoms with Crippen LogP contribution in [0.4, 0.5) is 0 Å². The first kappa shape index (κ1) is 9.43. The van der Waals surface area contributed by atoms with E-state index in [1.165, 1.54) is 6.07 Å². The zero-order chi connectivity index (χ0) is 7.98. The molecule has 0 spiro atoms. The van der Waals surface area contributed by atoms with Gasteiger partial charge in [-0.05, 0) is 6.07 Å². The lowest BCUT2D eigenvalue weighted by atomic mass is 10.5. The van der Waals surface area contributed by atoms with Gasteiger partial charge in [0.25, 0.3) is 0 Å². The van der Waals surface area contributed by atoms with Gasteiger partial charge < -0.3 is 4.98 Å². The molecule has 0 aliphatic rings. The quantitative estimate of drug-likeness (QED) is 0.690. The van der Waals surface area contributed by atoms with E-state index in [9.17, 15) is 4.79 Å². The standard InChI is InChI=1S/C5H4BrNO.C2H6/c6-4-1-2-7-5(8)3-4;1-2/h1-3H,(H,7,8);1-2H3. The molecule has 0 amide bonds. The monoisotopic (exact) mass is 203 g/mol. The minimum atomic E-state index is -0.0839. The van der Waals surface area contributed by atoms with Crippen molar-refractivity contribution >= 4 is 15.9 Å². The molecule has 0 saturated carbocycles. The van der Waals surface area contributed by atoms with Gasteiger partial charge in [0, 0.05) is 16.7 Å². The van der Waals surface area contributed by atoms with Gasteiger partial charge in [-0.1, -0.05) is 29.8 Å². The van der Waals surface area contributed by atoms with Crippen molar-refractivity contribution < 1.29 is 0 Å². The summed E-state index contributed by atoms with van der Waals surface area (Å²) in [6, 6.07) is 3.24. The Labute approximate surface area is 68.4 Å². The first-order valence-electron chi connectivity index (χ1n) is 3.13. The second-order valence-corrected chi connectivity index (χ2v) is 2.29. The van der Waals surface area contributed by atoms with Crippen LogP contribution in [0.5, 0.6) is 0 Å². The Morgan fingerprint density at radius 2 is 2.10 bits per heavy atom. The molecule has 0 saturated heterocycles. The van der Waals surface area contributed by atoms with Crippen LogP contribution >= 0.6 is 15.9 Å². The third-order valence-corrected chi connectivity index (χ3v) is 1.23. The number of halogens is 1. The fourth-order valence-corrected chi connectivity index (χ4v) is 0.759. The Morgan fingerprint density at radius 3 is 2.40 bits per heavy atom. The van der Waals surface area contributed by atoms with Crippen LogP contribution < -0.4 is 5.56 Å². The van der Waals surface area contributed by atoms with Crippen molar-refractivity contribution in [1.29, 1.82) is 0 Å². The molecule has 3 heteroatoms. The maximum atomic E-state index is 10.4. The molecule has 1 N–H and O–H groups in total. The predicted octanol–water partition coefficient (Wildman–Crippen LogP) is 2.16. The minimum absolute atomic E-state index is 0.0839. The summed E-state index contributed by atoms with van der Waals surface area (Å²) >= 11 is 3.14. The molecule has 0 radical (unpaired) electrons. The minimum Gasteiger partial charge on any atom is -0.329 e. The summed E-state index contributed by atoms with van der Waals surface area (Å²) in [6.07, 6.45) is 1.59. The number of aromatic amines is 1. The van der Waals surface area contributed by atoms with Crippen LogP contribution in [0.2, 0.25) is 0 Å². The van der Waals surface area contributed by atoms with E-state index in [0.717, 1.165) is 4.47 Å². The highest BCUT2D eigenvalue weighted by Gasteiger charge is 1.82. The van der Waals surface area contributed by atoms with Crippen molar-refractivity contribution in [1.82, 2.24) is 4.98 Å². The van der Waals surface area contributed by atoms with E-state index >= 15 is 0 Å². The number of aromatic nitrogens is 1. The largest absolute Gasteiger partial charge is 0.329 e. The van der Waals surface area contributed by atoms with Gasteiger partial charge in [0.2, 0.25) is 5.56 Å². The van der Waals surface area contributed by atoms with Gasteiger partial charge in [0.15, 0.2) is 0 Å². The van der Waals surface area contributed by atoms with Crippen LogP contribution in [0.15, 0.2) is 27.6 Å². The first-order chi connectivity index (χ1) is 4.79. The van der Waals surface area contributed by atoms with Crippen LogP contribution in [0, 0.1) is 0 Å². The Morgan fingerprint density at radius 1 is 1.50 bits per heavy atom. The van der Waals surface area contributed by atoms with Crippen molar-refractivity contribution in [3.63, 3.8) is 0 Å². The van der Waals surface area contributed by atoms with Gasteiger partial charge in [0.05, 0.1) is 0 Å². The molecule has 2 nitrogen and oxygen atoms in total. The van der Waals surface area contributed by atoms with Crippen LogP contribution in [-0.4, -0.2) is 4.98 Å². The SMILES string of the molecule is CC.O=c1cc(Br)cc[nH]1. The summed E-state index contributed by atoms with van der Waals surface area (Å²) in [5.41, 5.74) is -0.0839. The molecule has 0 unspecified atom stereocenters. The van der Waals surface area contributed by atoms with Crippen molar-refractivity contribution in [2.45, 2.75) is 13.8 Å². The fraction of sp³-hybridized carbons (Fsp3) is 0.286. The summed E-state index contributed by atoms with van der Waals surface area (Å²) in [5.74, 6) is 0. The van der Waals surface area contributed by atoms with Crippen molar-refractivity contribution in [2.24, 2.45) is 0 Å². The van der Waals surface area contributed by atoms with E-state index in [-0.39, 0.29) is 5.56 Å². The summed E-state index contributed by atoms with van der Waals surface area (Å²) in [5, 5.41) is 0. The Bertz CT molecular complexity index is 231. The molecule has 0 bridgehead atoms. The zero-order valence-corrected chi connectivity index (χ0v) is 7.60. The number of pyridine rings is 1. The van der Waals surface area contributed by atoms with Gasteiger partial charge in [-0.25, -0.2) is 0 Å². The number of H-pyrrole nitrogens is 1. The molecule has 1 rings (SSSR count). The number of rotatable bonds is 0. The van der Waals surface area contributed by atoms with E-state index in [0.29, 0.717) is 0 Å². The highest BCUT2D eigenvalue weighted by molar-refractivity contribution is 9.10.